The van der Waals surface area contributed by atoms with Crippen LogP contribution in [0.2, 0.25) is 0 Å². The summed E-state index contributed by atoms with van der Waals surface area (Å²) in [6.45, 7) is 5.36. The molecule has 2 unspecified atom stereocenters. The maximum absolute atomic E-state index is 5.78. The topological polar surface area (TPSA) is 50.4 Å². The third-order valence-electron chi connectivity index (χ3n) is 3.24. The summed E-state index contributed by atoms with van der Waals surface area (Å²) >= 11 is 0. The molecule has 0 aromatic carbocycles. The summed E-state index contributed by atoms with van der Waals surface area (Å²) in [5, 5.41) is 3.24. The molecule has 0 spiro atoms. The number of halogens is 1. The van der Waals surface area contributed by atoms with Gasteiger partial charge >= 0.3 is 0 Å². The van der Waals surface area contributed by atoms with Crippen molar-refractivity contribution in [3.63, 3.8) is 0 Å². The van der Waals surface area contributed by atoms with Crippen LogP contribution in [0.4, 0.5) is 0 Å². The molecule has 3 nitrogen and oxygen atoms in total. The highest BCUT2D eigenvalue weighted by atomic mass is 127. The molecule has 3 N–H and O–H groups in total. The van der Waals surface area contributed by atoms with E-state index in [1.165, 1.54) is 44.9 Å². The van der Waals surface area contributed by atoms with Gasteiger partial charge in [-0.2, -0.15) is 0 Å². The fourth-order valence-electron chi connectivity index (χ4n) is 1.85. The number of nitrogens with zero attached hydrogens (tertiary/aromatic N) is 1. The van der Waals surface area contributed by atoms with E-state index in [4.69, 9.17) is 5.73 Å². The predicted octanol–water partition coefficient (Wildman–Crippen LogP) is 3.28. The first kappa shape index (κ1) is 17.0. The van der Waals surface area contributed by atoms with Crippen LogP contribution in [-0.2, 0) is 0 Å². The van der Waals surface area contributed by atoms with Crippen molar-refractivity contribution < 1.29 is 0 Å². The van der Waals surface area contributed by atoms with Crippen LogP contribution in [0.3, 0.4) is 0 Å². The monoisotopic (exact) mass is 353 g/mol. The second-order valence-electron chi connectivity index (χ2n) is 5.00. The van der Waals surface area contributed by atoms with E-state index in [0.29, 0.717) is 12.0 Å². The number of rotatable bonds is 8. The van der Waals surface area contributed by atoms with Crippen molar-refractivity contribution in [3.8, 4) is 0 Å². The highest BCUT2D eigenvalue weighted by Gasteiger charge is 2.32. The van der Waals surface area contributed by atoms with Crippen molar-refractivity contribution in [2.45, 2.75) is 64.8 Å². The number of guanidine groups is 1. The van der Waals surface area contributed by atoms with E-state index < -0.39 is 0 Å². The standard InChI is InChI=1S/C13H27N3.HI/c1-3-4-5-6-7-8-9-15-13(14)16-12-10-11(12)2;/h11-12H,3-10H2,1-2H3,(H3,14,15,16);1H. The molecule has 2 atom stereocenters. The number of hydrogen-bond donors (Lipinski definition) is 2. The minimum absolute atomic E-state index is 0. The number of hydrogen-bond acceptors (Lipinski definition) is 1. The molecule has 17 heavy (non-hydrogen) atoms. The lowest BCUT2D eigenvalue weighted by molar-refractivity contribution is 0.611. The molecule has 4 heteroatoms. The Kier molecular flexibility index (Phi) is 9.97. The second-order valence-corrected chi connectivity index (χ2v) is 5.00. The lowest BCUT2D eigenvalue weighted by Crippen LogP contribution is -2.34. The Labute approximate surface area is 123 Å². The molecule has 0 aromatic rings. The van der Waals surface area contributed by atoms with Crippen molar-refractivity contribution in [2.24, 2.45) is 16.6 Å². The van der Waals surface area contributed by atoms with E-state index in [9.17, 15) is 0 Å². The molecule has 1 rings (SSSR count). The first-order valence-electron chi connectivity index (χ1n) is 6.80. The Bertz CT molecular complexity index is 219. The lowest BCUT2D eigenvalue weighted by Gasteiger charge is -2.03. The molecule has 0 amide bonds. The third kappa shape index (κ3) is 8.69. The van der Waals surface area contributed by atoms with Crippen LogP contribution in [0.15, 0.2) is 4.99 Å². The van der Waals surface area contributed by atoms with Gasteiger partial charge in [-0.05, 0) is 18.8 Å². The summed E-state index contributed by atoms with van der Waals surface area (Å²) in [5.41, 5.74) is 5.78. The van der Waals surface area contributed by atoms with Gasteiger partial charge in [0.25, 0.3) is 0 Å². The highest BCUT2D eigenvalue weighted by Crippen LogP contribution is 2.28. The van der Waals surface area contributed by atoms with Gasteiger partial charge in [-0.15, -0.1) is 24.0 Å². The normalized spacial score (nSPS) is 23.1. The van der Waals surface area contributed by atoms with Crippen molar-refractivity contribution in [2.75, 3.05) is 6.54 Å². The molecule has 0 saturated heterocycles. The van der Waals surface area contributed by atoms with Gasteiger partial charge in [-0.1, -0.05) is 46.0 Å². The van der Waals surface area contributed by atoms with E-state index in [2.05, 4.69) is 24.2 Å². The highest BCUT2D eigenvalue weighted by molar-refractivity contribution is 14.0. The molecule has 1 fully saturated rings. The molecule has 0 heterocycles. The zero-order valence-corrected chi connectivity index (χ0v) is 13.6. The molecule has 0 aliphatic heterocycles. The van der Waals surface area contributed by atoms with Crippen LogP contribution in [0, 0.1) is 5.92 Å². The fraction of sp³-hybridized carbons (Fsp3) is 0.923. The number of unbranched alkanes of at least 4 members (excludes halogenated alkanes) is 5. The quantitative estimate of drug-likeness (QED) is 0.305. The molecule has 0 bridgehead atoms. The van der Waals surface area contributed by atoms with Crippen LogP contribution in [0.25, 0.3) is 0 Å². The van der Waals surface area contributed by atoms with Crippen LogP contribution in [0.1, 0.15) is 58.8 Å². The SMILES string of the molecule is CCCCCCCCN=C(N)NC1CC1C.I. The molecule has 1 aliphatic carbocycles. The average Bonchev–Trinajstić information content (AvgIpc) is 2.93. The fourth-order valence-corrected chi connectivity index (χ4v) is 1.85. The first-order valence-corrected chi connectivity index (χ1v) is 6.80. The Morgan fingerprint density at radius 2 is 1.82 bits per heavy atom. The van der Waals surface area contributed by atoms with Gasteiger partial charge in [0.1, 0.15) is 0 Å². The Hall–Kier alpha value is 0. The van der Waals surface area contributed by atoms with Crippen molar-refractivity contribution in [3.05, 3.63) is 0 Å². The zero-order chi connectivity index (χ0) is 11.8. The van der Waals surface area contributed by atoms with E-state index in [1.54, 1.807) is 0 Å². The van der Waals surface area contributed by atoms with Crippen molar-refractivity contribution in [1.29, 1.82) is 0 Å². The Balaban J connectivity index is 0.00000256. The summed E-state index contributed by atoms with van der Waals surface area (Å²) < 4.78 is 0. The first-order chi connectivity index (χ1) is 7.74. The Morgan fingerprint density at radius 3 is 2.41 bits per heavy atom. The van der Waals surface area contributed by atoms with Crippen LogP contribution in [-0.4, -0.2) is 18.5 Å². The molecular formula is C13H28IN3. The summed E-state index contributed by atoms with van der Waals surface area (Å²) in [6.07, 6.45) is 9.10. The summed E-state index contributed by atoms with van der Waals surface area (Å²) in [4.78, 5) is 4.34. The van der Waals surface area contributed by atoms with E-state index >= 15 is 0 Å². The zero-order valence-electron chi connectivity index (χ0n) is 11.2. The minimum atomic E-state index is 0. The van der Waals surface area contributed by atoms with E-state index in [-0.39, 0.29) is 24.0 Å². The molecule has 0 radical (unpaired) electrons. The third-order valence-corrected chi connectivity index (χ3v) is 3.24. The minimum Gasteiger partial charge on any atom is -0.370 e. The molecule has 1 aliphatic rings. The van der Waals surface area contributed by atoms with E-state index in [1.807, 2.05) is 0 Å². The van der Waals surface area contributed by atoms with Gasteiger partial charge in [0.15, 0.2) is 5.96 Å². The van der Waals surface area contributed by atoms with Gasteiger partial charge < -0.3 is 11.1 Å². The van der Waals surface area contributed by atoms with Crippen molar-refractivity contribution >= 4 is 29.9 Å². The van der Waals surface area contributed by atoms with E-state index in [0.717, 1.165) is 12.5 Å². The van der Waals surface area contributed by atoms with Gasteiger partial charge in [-0.25, -0.2) is 0 Å². The maximum atomic E-state index is 5.78. The summed E-state index contributed by atoms with van der Waals surface area (Å²) in [5.74, 6) is 1.42. The number of nitrogens with two attached hydrogens (primary N) is 1. The van der Waals surface area contributed by atoms with Gasteiger partial charge in [0.2, 0.25) is 0 Å². The van der Waals surface area contributed by atoms with Crippen LogP contribution >= 0.6 is 24.0 Å². The largest absolute Gasteiger partial charge is 0.370 e. The van der Waals surface area contributed by atoms with Crippen LogP contribution < -0.4 is 11.1 Å². The molecular weight excluding hydrogens is 325 g/mol. The lowest BCUT2D eigenvalue weighted by atomic mass is 10.1. The smallest absolute Gasteiger partial charge is 0.188 e. The second kappa shape index (κ2) is 9.97. The summed E-state index contributed by atoms with van der Waals surface area (Å²) in [7, 11) is 0. The maximum Gasteiger partial charge on any atom is 0.188 e. The summed E-state index contributed by atoms with van der Waals surface area (Å²) in [6, 6.07) is 0.591. The molecule has 1 saturated carbocycles. The molecule has 102 valence electrons. The van der Waals surface area contributed by atoms with Gasteiger partial charge in [0, 0.05) is 12.6 Å². The average molecular weight is 353 g/mol. The number of aliphatic imine (C=N–C) groups is 1. The van der Waals surface area contributed by atoms with Gasteiger partial charge in [-0.3, -0.25) is 4.99 Å². The number of nitrogens with one attached hydrogen (secondary N) is 1. The molecule has 0 aromatic heterocycles. The Morgan fingerprint density at radius 1 is 1.24 bits per heavy atom. The van der Waals surface area contributed by atoms with Crippen LogP contribution in [0.5, 0.6) is 0 Å². The predicted molar refractivity (Wildman–Crippen MR) is 86.0 cm³/mol. The van der Waals surface area contributed by atoms with Crippen molar-refractivity contribution in [1.82, 2.24) is 5.32 Å². The van der Waals surface area contributed by atoms with Gasteiger partial charge in [0.05, 0.1) is 0 Å².